The van der Waals surface area contributed by atoms with E-state index < -0.39 is 0 Å². The van der Waals surface area contributed by atoms with Crippen LogP contribution in [0.5, 0.6) is 0 Å². The normalized spacial score (nSPS) is 11.0. The summed E-state index contributed by atoms with van der Waals surface area (Å²) in [7, 11) is 1.99. The first-order valence-electron chi connectivity index (χ1n) is 11.2. The number of amides is 1. The average molecular weight is 440 g/mol. The number of nitrogens with two attached hydrogens (primary N) is 1. The van der Waals surface area contributed by atoms with Gasteiger partial charge in [-0.2, -0.15) is 0 Å². The van der Waals surface area contributed by atoms with Crippen LogP contribution in [-0.4, -0.2) is 27.8 Å². The molecule has 0 bridgehead atoms. The molecule has 0 aliphatic carbocycles. The maximum Gasteiger partial charge on any atom is 0.258 e. The van der Waals surface area contributed by atoms with Gasteiger partial charge in [-0.1, -0.05) is 55.8 Å². The molecule has 0 fully saturated rings. The molecule has 0 unspecified atom stereocenters. The summed E-state index contributed by atoms with van der Waals surface area (Å²) in [4.78, 5) is 20.1. The molecule has 1 amide bonds. The second-order valence-corrected chi connectivity index (χ2v) is 8.22. The van der Waals surface area contributed by atoms with Gasteiger partial charge in [0.15, 0.2) is 0 Å². The lowest BCUT2D eigenvalue weighted by Gasteiger charge is -2.23. The first-order valence-corrected chi connectivity index (χ1v) is 11.2. The van der Waals surface area contributed by atoms with E-state index in [1.807, 2.05) is 84.7 Å². The Morgan fingerprint density at radius 1 is 1.03 bits per heavy atom. The number of rotatable bonds is 8. The molecule has 0 saturated heterocycles. The summed E-state index contributed by atoms with van der Waals surface area (Å²) >= 11 is 0. The van der Waals surface area contributed by atoms with Crippen molar-refractivity contribution in [3.8, 4) is 0 Å². The molecular weight excluding hydrogens is 410 g/mol. The molecule has 1 aromatic heterocycles. The maximum absolute atomic E-state index is 13.4. The summed E-state index contributed by atoms with van der Waals surface area (Å²) in [6.45, 7) is 2.81. The van der Waals surface area contributed by atoms with Gasteiger partial charge >= 0.3 is 0 Å². The molecule has 4 rings (SSSR count). The van der Waals surface area contributed by atoms with Crippen LogP contribution in [0.15, 0.2) is 72.8 Å². The predicted octanol–water partition coefficient (Wildman–Crippen LogP) is 4.90. The van der Waals surface area contributed by atoms with Gasteiger partial charge in [-0.3, -0.25) is 10.2 Å². The van der Waals surface area contributed by atoms with Gasteiger partial charge in [0, 0.05) is 36.8 Å². The van der Waals surface area contributed by atoms with Crippen LogP contribution in [0.1, 0.15) is 47.1 Å². The van der Waals surface area contributed by atoms with Crippen molar-refractivity contribution in [3.05, 3.63) is 95.3 Å². The van der Waals surface area contributed by atoms with E-state index in [-0.39, 0.29) is 11.7 Å². The van der Waals surface area contributed by atoms with E-state index in [1.165, 1.54) is 0 Å². The number of carbonyl (C=O) groups excluding carboxylic acids is 1. The third-order valence-electron chi connectivity index (χ3n) is 5.90. The van der Waals surface area contributed by atoms with Crippen molar-refractivity contribution in [3.63, 3.8) is 0 Å². The third kappa shape index (κ3) is 4.80. The Kier molecular flexibility index (Phi) is 6.54. The standard InChI is InChI=1S/C27H29N5O/c1-3-4-16-32(22-8-6-5-7-9-22)27(33)21-14-15-24-23(18-21)30-25(31(24)2)17-19-10-12-20(13-11-19)26(28)29/h5-15,18H,3-4,16-17H2,1-2H3,(H3,28,29). The number of unbranched alkanes of at least 4 members (excludes halogenated alkanes) is 1. The number of aromatic nitrogens is 2. The van der Waals surface area contributed by atoms with E-state index in [2.05, 4.69) is 11.5 Å². The van der Waals surface area contributed by atoms with Gasteiger partial charge < -0.3 is 15.2 Å². The van der Waals surface area contributed by atoms with Gasteiger partial charge in [-0.05, 0) is 42.3 Å². The zero-order valence-electron chi connectivity index (χ0n) is 19.1. The number of aryl methyl sites for hydroxylation is 1. The number of para-hydroxylation sites is 1. The highest BCUT2D eigenvalue weighted by atomic mass is 16.2. The largest absolute Gasteiger partial charge is 0.384 e. The Morgan fingerprint density at radius 3 is 2.39 bits per heavy atom. The molecule has 0 radical (unpaired) electrons. The van der Waals surface area contributed by atoms with Crippen molar-refractivity contribution < 1.29 is 4.79 Å². The zero-order chi connectivity index (χ0) is 23.4. The second-order valence-electron chi connectivity index (χ2n) is 8.22. The van der Waals surface area contributed by atoms with Crippen molar-refractivity contribution in [1.82, 2.24) is 9.55 Å². The smallest absolute Gasteiger partial charge is 0.258 e. The van der Waals surface area contributed by atoms with Crippen LogP contribution in [0.4, 0.5) is 5.69 Å². The molecule has 0 saturated carbocycles. The lowest BCUT2D eigenvalue weighted by atomic mass is 10.1. The lowest BCUT2D eigenvalue weighted by Crippen LogP contribution is -2.31. The fourth-order valence-corrected chi connectivity index (χ4v) is 3.95. The highest BCUT2D eigenvalue weighted by Gasteiger charge is 2.19. The summed E-state index contributed by atoms with van der Waals surface area (Å²) in [5, 5.41) is 7.54. The first-order chi connectivity index (χ1) is 16.0. The van der Waals surface area contributed by atoms with Crippen molar-refractivity contribution in [2.75, 3.05) is 11.4 Å². The molecule has 4 aromatic rings. The minimum Gasteiger partial charge on any atom is -0.384 e. The number of benzene rings is 3. The van der Waals surface area contributed by atoms with E-state index in [1.54, 1.807) is 0 Å². The molecule has 0 aliphatic heterocycles. The van der Waals surface area contributed by atoms with Crippen LogP contribution >= 0.6 is 0 Å². The average Bonchev–Trinajstić information content (AvgIpc) is 3.14. The molecular formula is C27H29N5O. The van der Waals surface area contributed by atoms with Crippen LogP contribution in [0, 0.1) is 5.41 Å². The molecule has 6 nitrogen and oxygen atoms in total. The third-order valence-corrected chi connectivity index (χ3v) is 5.90. The van der Waals surface area contributed by atoms with Crippen LogP contribution in [0.2, 0.25) is 0 Å². The molecule has 6 heteroatoms. The summed E-state index contributed by atoms with van der Waals surface area (Å²) in [6.07, 6.45) is 2.62. The second kappa shape index (κ2) is 9.69. The number of anilines is 1. The highest BCUT2D eigenvalue weighted by Crippen LogP contribution is 2.22. The van der Waals surface area contributed by atoms with Crippen molar-refractivity contribution >= 4 is 28.5 Å². The van der Waals surface area contributed by atoms with Crippen molar-refractivity contribution in [2.24, 2.45) is 12.8 Å². The fraction of sp³-hybridized carbons (Fsp3) is 0.222. The number of hydrogen-bond acceptors (Lipinski definition) is 3. The summed E-state index contributed by atoms with van der Waals surface area (Å²) in [6, 6.07) is 23.2. The molecule has 0 aliphatic rings. The van der Waals surface area contributed by atoms with Gasteiger partial charge in [-0.25, -0.2) is 4.98 Å². The first kappa shape index (κ1) is 22.3. The Labute approximate surface area is 194 Å². The number of nitrogens with zero attached hydrogens (tertiary/aromatic N) is 3. The number of nitrogens with one attached hydrogen (secondary N) is 1. The number of imidazole rings is 1. The Bertz CT molecular complexity index is 1280. The van der Waals surface area contributed by atoms with Crippen molar-refractivity contribution in [1.29, 1.82) is 5.41 Å². The van der Waals surface area contributed by atoms with E-state index in [0.29, 0.717) is 24.1 Å². The molecule has 168 valence electrons. The molecule has 1 heterocycles. The minimum absolute atomic E-state index is 0.0106. The number of nitrogen functional groups attached to an aromatic ring is 1. The van der Waals surface area contributed by atoms with Gasteiger partial charge in [-0.15, -0.1) is 0 Å². The summed E-state index contributed by atoms with van der Waals surface area (Å²) in [5.41, 5.74) is 10.7. The number of fused-ring (bicyclic) bond motifs is 1. The Balaban J connectivity index is 1.62. The monoisotopic (exact) mass is 439 g/mol. The highest BCUT2D eigenvalue weighted by molar-refractivity contribution is 6.07. The molecule has 0 atom stereocenters. The maximum atomic E-state index is 13.4. The topological polar surface area (TPSA) is 88.0 Å². The van der Waals surface area contributed by atoms with Crippen LogP contribution < -0.4 is 10.6 Å². The molecule has 3 aromatic carbocycles. The van der Waals surface area contributed by atoms with E-state index >= 15 is 0 Å². The van der Waals surface area contributed by atoms with E-state index in [0.717, 1.165) is 41.0 Å². The predicted molar refractivity (Wildman–Crippen MR) is 134 cm³/mol. The van der Waals surface area contributed by atoms with Crippen LogP contribution in [-0.2, 0) is 13.5 Å². The van der Waals surface area contributed by atoms with Crippen molar-refractivity contribution in [2.45, 2.75) is 26.2 Å². The van der Waals surface area contributed by atoms with Crippen LogP contribution in [0.25, 0.3) is 11.0 Å². The molecule has 33 heavy (non-hydrogen) atoms. The van der Waals surface area contributed by atoms with E-state index in [9.17, 15) is 4.79 Å². The van der Waals surface area contributed by atoms with Gasteiger partial charge in [0.25, 0.3) is 5.91 Å². The zero-order valence-corrected chi connectivity index (χ0v) is 19.1. The SMILES string of the molecule is CCCCN(C(=O)c1ccc2c(c1)nc(Cc1ccc(C(=N)N)cc1)n2C)c1ccccc1. The fourth-order valence-electron chi connectivity index (χ4n) is 3.95. The lowest BCUT2D eigenvalue weighted by molar-refractivity contribution is 0.0986. The Hall–Kier alpha value is -3.93. The molecule has 3 N–H and O–H groups in total. The number of amidine groups is 1. The quantitative estimate of drug-likeness (QED) is 0.302. The summed E-state index contributed by atoms with van der Waals surface area (Å²) in [5.74, 6) is 0.963. The minimum atomic E-state index is -0.0106. The number of hydrogen-bond donors (Lipinski definition) is 2. The van der Waals surface area contributed by atoms with Gasteiger partial charge in [0.2, 0.25) is 0 Å². The molecule has 0 spiro atoms. The van der Waals surface area contributed by atoms with Gasteiger partial charge in [0.05, 0.1) is 11.0 Å². The number of carbonyl (C=O) groups is 1. The van der Waals surface area contributed by atoms with Crippen LogP contribution in [0.3, 0.4) is 0 Å². The summed E-state index contributed by atoms with van der Waals surface area (Å²) < 4.78 is 2.06. The Morgan fingerprint density at radius 2 is 1.73 bits per heavy atom. The van der Waals surface area contributed by atoms with Gasteiger partial charge in [0.1, 0.15) is 11.7 Å². The van der Waals surface area contributed by atoms with E-state index in [4.69, 9.17) is 16.1 Å².